The Labute approximate surface area is 162 Å². The molecule has 0 bridgehead atoms. The molecule has 0 aliphatic heterocycles. The van der Waals surface area contributed by atoms with Crippen LogP contribution in [0.2, 0.25) is 0 Å². The molecule has 4 aromatic rings. The highest BCUT2D eigenvalue weighted by molar-refractivity contribution is 7.09. The molecule has 1 aromatic carbocycles. The summed E-state index contributed by atoms with van der Waals surface area (Å²) >= 11 is 1.62. The summed E-state index contributed by atoms with van der Waals surface area (Å²) in [7, 11) is 0. The molecule has 3 aromatic heterocycles. The van der Waals surface area contributed by atoms with Crippen molar-refractivity contribution in [3.63, 3.8) is 0 Å². The van der Waals surface area contributed by atoms with Crippen LogP contribution in [0, 0.1) is 20.8 Å². The number of pyridine rings is 1. The molecule has 0 radical (unpaired) electrons. The van der Waals surface area contributed by atoms with Crippen LogP contribution in [0.3, 0.4) is 0 Å². The predicted molar refractivity (Wildman–Crippen MR) is 109 cm³/mol. The number of carbonyl (C=O) groups excluding carboxylic acids is 1. The van der Waals surface area contributed by atoms with Gasteiger partial charge in [0.15, 0.2) is 5.76 Å². The maximum atomic E-state index is 13.5. The van der Waals surface area contributed by atoms with Gasteiger partial charge >= 0.3 is 0 Å². The highest BCUT2D eigenvalue weighted by Crippen LogP contribution is 2.30. The molecule has 0 aliphatic carbocycles. The van der Waals surface area contributed by atoms with E-state index in [1.165, 1.54) is 0 Å². The zero-order valence-electron chi connectivity index (χ0n) is 15.5. The molecule has 0 fully saturated rings. The molecule has 27 heavy (non-hydrogen) atoms. The van der Waals surface area contributed by atoms with E-state index in [2.05, 4.69) is 4.98 Å². The smallest absolute Gasteiger partial charge is 0.295 e. The minimum atomic E-state index is -0.170. The summed E-state index contributed by atoms with van der Waals surface area (Å²) in [6, 6.07) is 13.9. The fourth-order valence-corrected chi connectivity index (χ4v) is 3.91. The van der Waals surface area contributed by atoms with E-state index in [-0.39, 0.29) is 5.91 Å². The van der Waals surface area contributed by atoms with Crippen LogP contribution >= 0.6 is 11.3 Å². The number of aromatic nitrogens is 1. The number of fused-ring (bicyclic) bond motifs is 1. The third-order valence-corrected chi connectivity index (χ3v) is 5.53. The Morgan fingerprint density at radius 1 is 1.15 bits per heavy atom. The monoisotopic (exact) mass is 376 g/mol. The molecule has 0 spiro atoms. The topological polar surface area (TPSA) is 46.3 Å². The number of rotatable bonds is 4. The van der Waals surface area contributed by atoms with Gasteiger partial charge in [-0.05, 0) is 55.5 Å². The second-order valence-corrected chi connectivity index (χ2v) is 7.70. The lowest BCUT2D eigenvalue weighted by molar-refractivity contribution is 0.0959. The third kappa shape index (κ3) is 3.26. The number of benzene rings is 1. The number of anilines is 1. The van der Waals surface area contributed by atoms with Gasteiger partial charge < -0.3 is 4.42 Å². The Morgan fingerprint density at radius 3 is 2.74 bits per heavy atom. The van der Waals surface area contributed by atoms with Crippen LogP contribution in [0.4, 0.5) is 5.82 Å². The third-order valence-electron chi connectivity index (χ3n) is 4.66. The van der Waals surface area contributed by atoms with Gasteiger partial charge in [-0.15, -0.1) is 11.3 Å². The lowest BCUT2D eigenvalue weighted by Crippen LogP contribution is -2.31. The summed E-state index contributed by atoms with van der Waals surface area (Å²) in [5.74, 6) is 0.862. The van der Waals surface area contributed by atoms with Crippen molar-refractivity contribution < 1.29 is 9.21 Å². The minimum Gasteiger partial charge on any atom is -0.451 e. The number of hydrogen-bond acceptors (Lipinski definition) is 4. The molecule has 136 valence electrons. The molecule has 4 rings (SSSR count). The highest BCUT2D eigenvalue weighted by Gasteiger charge is 2.26. The quantitative estimate of drug-likeness (QED) is 0.461. The van der Waals surface area contributed by atoms with Gasteiger partial charge in [-0.25, -0.2) is 4.98 Å². The van der Waals surface area contributed by atoms with Gasteiger partial charge in [0, 0.05) is 22.0 Å². The largest absolute Gasteiger partial charge is 0.451 e. The van der Waals surface area contributed by atoms with Crippen molar-refractivity contribution in [1.82, 2.24) is 4.98 Å². The van der Waals surface area contributed by atoms with Gasteiger partial charge in [-0.3, -0.25) is 9.69 Å². The van der Waals surface area contributed by atoms with Gasteiger partial charge in [-0.2, -0.15) is 0 Å². The second-order valence-electron chi connectivity index (χ2n) is 6.67. The van der Waals surface area contributed by atoms with E-state index in [9.17, 15) is 4.79 Å². The van der Waals surface area contributed by atoms with Crippen LogP contribution in [-0.4, -0.2) is 10.9 Å². The van der Waals surface area contributed by atoms with Crippen LogP contribution in [0.5, 0.6) is 0 Å². The van der Waals surface area contributed by atoms with Crippen LogP contribution in [0.1, 0.15) is 32.1 Å². The summed E-state index contributed by atoms with van der Waals surface area (Å²) in [6.07, 6.45) is 1.71. The first-order valence-electron chi connectivity index (χ1n) is 8.80. The standard InChI is InChI=1S/C22H20N2O2S/c1-14-8-9-18-16(3)20(26-19(18)12-14)22(25)24(13-17-7-5-11-27-17)21-15(2)6-4-10-23-21/h4-12H,13H2,1-3H3. The fourth-order valence-electron chi connectivity index (χ4n) is 3.22. The normalized spacial score (nSPS) is 11.1. The van der Waals surface area contributed by atoms with Crippen molar-refractivity contribution in [1.29, 1.82) is 0 Å². The second kappa shape index (κ2) is 7.00. The summed E-state index contributed by atoms with van der Waals surface area (Å²) in [4.78, 5) is 20.8. The molecule has 4 nitrogen and oxygen atoms in total. The van der Waals surface area contributed by atoms with Crippen molar-refractivity contribution in [2.24, 2.45) is 0 Å². The van der Waals surface area contributed by atoms with E-state index in [1.54, 1.807) is 22.4 Å². The summed E-state index contributed by atoms with van der Waals surface area (Å²) in [5, 5.41) is 2.98. The summed E-state index contributed by atoms with van der Waals surface area (Å²) < 4.78 is 5.99. The van der Waals surface area contributed by atoms with Crippen LogP contribution < -0.4 is 4.90 Å². The van der Waals surface area contributed by atoms with E-state index >= 15 is 0 Å². The molecule has 0 saturated carbocycles. The van der Waals surface area contributed by atoms with Gasteiger partial charge in [-0.1, -0.05) is 24.3 Å². The first-order chi connectivity index (χ1) is 13.0. The maximum absolute atomic E-state index is 13.5. The zero-order valence-corrected chi connectivity index (χ0v) is 16.3. The molecule has 0 unspecified atom stereocenters. The summed E-state index contributed by atoms with van der Waals surface area (Å²) in [5.41, 5.74) is 3.66. The molecule has 0 saturated heterocycles. The van der Waals surface area contributed by atoms with E-state index in [4.69, 9.17) is 4.42 Å². The lowest BCUT2D eigenvalue weighted by Gasteiger charge is -2.22. The Kier molecular flexibility index (Phi) is 4.54. The van der Waals surface area contributed by atoms with Crippen molar-refractivity contribution >= 4 is 34.0 Å². The number of carbonyl (C=O) groups is 1. The molecular weight excluding hydrogens is 356 g/mol. The van der Waals surface area contributed by atoms with E-state index < -0.39 is 0 Å². The predicted octanol–water partition coefficient (Wildman–Crippen LogP) is 5.66. The molecular formula is C22H20N2O2S. The van der Waals surface area contributed by atoms with Crippen LogP contribution in [0.15, 0.2) is 58.5 Å². The molecule has 3 heterocycles. The van der Waals surface area contributed by atoms with E-state index in [0.717, 1.165) is 32.5 Å². The molecule has 0 atom stereocenters. The number of furan rings is 1. The first-order valence-corrected chi connectivity index (χ1v) is 9.68. The number of amides is 1. The van der Waals surface area contributed by atoms with Crippen molar-refractivity contribution in [3.05, 3.63) is 81.4 Å². The van der Waals surface area contributed by atoms with E-state index in [1.807, 2.05) is 68.6 Å². The average molecular weight is 376 g/mol. The molecule has 0 aliphatic rings. The Bertz CT molecular complexity index is 1110. The maximum Gasteiger partial charge on any atom is 0.295 e. The number of nitrogens with zero attached hydrogens (tertiary/aromatic N) is 2. The first kappa shape index (κ1) is 17.5. The fraction of sp³-hybridized carbons (Fsp3) is 0.182. The van der Waals surface area contributed by atoms with Crippen molar-refractivity contribution in [3.8, 4) is 0 Å². The van der Waals surface area contributed by atoms with Crippen LogP contribution in [-0.2, 0) is 6.54 Å². The van der Waals surface area contributed by atoms with Crippen molar-refractivity contribution in [2.75, 3.05) is 4.90 Å². The van der Waals surface area contributed by atoms with Gasteiger partial charge in [0.1, 0.15) is 11.4 Å². The highest BCUT2D eigenvalue weighted by atomic mass is 32.1. The number of thiophene rings is 1. The zero-order chi connectivity index (χ0) is 19.0. The van der Waals surface area contributed by atoms with Crippen LogP contribution in [0.25, 0.3) is 11.0 Å². The molecule has 5 heteroatoms. The van der Waals surface area contributed by atoms with E-state index in [0.29, 0.717) is 18.1 Å². The minimum absolute atomic E-state index is 0.170. The Morgan fingerprint density at radius 2 is 2.00 bits per heavy atom. The van der Waals surface area contributed by atoms with Gasteiger partial charge in [0.2, 0.25) is 0 Å². The summed E-state index contributed by atoms with van der Waals surface area (Å²) in [6.45, 7) is 6.37. The average Bonchev–Trinajstić information content (AvgIpc) is 3.28. The van der Waals surface area contributed by atoms with Crippen molar-refractivity contribution in [2.45, 2.75) is 27.3 Å². The molecule has 1 amide bonds. The number of hydrogen-bond donors (Lipinski definition) is 0. The number of aryl methyl sites for hydroxylation is 3. The lowest BCUT2D eigenvalue weighted by atomic mass is 10.1. The van der Waals surface area contributed by atoms with Gasteiger partial charge in [0.05, 0.1) is 6.54 Å². The SMILES string of the molecule is Cc1ccc2c(C)c(C(=O)N(Cc3cccs3)c3ncccc3C)oc2c1. The Hall–Kier alpha value is -2.92. The Balaban J connectivity index is 1.81. The van der Waals surface area contributed by atoms with Gasteiger partial charge in [0.25, 0.3) is 5.91 Å². The molecule has 0 N–H and O–H groups in total.